The molecule has 7 heteroatoms. The highest BCUT2D eigenvalue weighted by molar-refractivity contribution is 7.21. The Hall–Kier alpha value is -4.36. The van der Waals surface area contributed by atoms with Gasteiger partial charge in [-0.1, -0.05) is 60.7 Å². The van der Waals surface area contributed by atoms with Crippen LogP contribution in [0.1, 0.15) is 9.67 Å². The number of thiophene rings is 1. The van der Waals surface area contributed by atoms with E-state index in [0.717, 1.165) is 27.8 Å². The van der Waals surface area contributed by atoms with Crippen LogP contribution in [0.25, 0.3) is 32.6 Å². The number of fused-ring (bicyclic) bond motifs is 1. The molecular formula is C28H23N3O3S. The maximum Gasteiger partial charge on any atom is 0.267 e. The zero-order chi connectivity index (χ0) is 24.4. The highest BCUT2D eigenvalue weighted by atomic mass is 32.1. The average molecular weight is 482 g/mol. The number of hydrogen-bond acceptors (Lipinski definition) is 6. The molecule has 5 aromatic rings. The molecule has 2 aromatic heterocycles. The number of carbonyl (C=O) groups excluding carboxylic acids is 1. The largest absolute Gasteiger partial charge is 0.493 e. The minimum absolute atomic E-state index is 0.307. The molecule has 0 fully saturated rings. The fourth-order valence-electron chi connectivity index (χ4n) is 3.99. The summed E-state index contributed by atoms with van der Waals surface area (Å²) in [5.74, 6) is 0.796. The maximum atomic E-state index is 13.3. The number of nitrogens with zero attached hydrogens (tertiary/aromatic N) is 1. The lowest BCUT2D eigenvalue weighted by atomic mass is 9.99. The van der Waals surface area contributed by atoms with Crippen molar-refractivity contribution in [2.24, 2.45) is 0 Å². The maximum absolute atomic E-state index is 13.3. The quantitative estimate of drug-likeness (QED) is 0.290. The van der Waals surface area contributed by atoms with Crippen molar-refractivity contribution in [1.29, 1.82) is 0 Å². The second-order valence-corrected chi connectivity index (χ2v) is 8.84. The first-order valence-corrected chi connectivity index (χ1v) is 11.8. The van der Waals surface area contributed by atoms with Crippen LogP contribution in [0.4, 0.5) is 11.4 Å². The molecule has 3 N–H and O–H groups in total. The van der Waals surface area contributed by atoms with Gasteiger partial charge in [0.1, 0.15) is 9.71 Å². The molecular weight excluding hydrogens is 458 g/mol. The molecule has 0 unspecified atom stereocenters. The van der Waals surface area contributed by atoms with Gasteiger partial charge >= 0.3 is 0 Å². The third-order valence-electron chi connectivity index (χ3n) is 5.70. The van der Waals surface area contributed by atoms with Crippen molar-refractivity contribution in [3.8, 4) is 33.9 Å². The number of pyridine rings is 1. The molecule has 6 nitrogen and oxygen atoms in total. The van der Waals surface area contributed by atoms with Crippen LogP contribution in [0.2, 0.25) is 0 Å². The van der Waals surface area contributed by atoms with Crippen LogP contribution in [0.15, 0.2) is 84.9 Å². The van der Waals surface area contributed by atoms with E-state index < -0.39 is 0 Å². The van der Waals surface area contributed by atoms with Gasteiger partial charge in [-0.3, -0.25) is 4.79 Å². The number of rotatable bonds is 6. The Kier molecular flexibility index (Phi) is 6.08. The van der Waals surface area contributed by atoms with E-state index in [4.69, 9.17) is 20.2 Å². The molecule has 0 bridgehead atoms. The summed E-state index contributed by atoms with van der Waals surface area (Å²) in [5.41, 5.74) is 11.3. The van der Waals surface area contributed by atoms with Crippen LogP contribution in [0.5, 0.6) is 11.5 Å². The smallest absolute Gasteiger partial charge is 0.267 e. The van der Waals surface area contributed by atoms with Crippen LogP contribution in [-0.4, -0.2) is 25.1 Å². The second kappa shape index (κ2) is 9.48. The third-order valence-corrected chi connectivity index (χ3v) is 6.80. The van der Waals surface area contributed by atoms with E-state index in [0.29, 0.717) is 32.6 Å². The molecule has 174 valence electrons. The second-order valence-electron chi connectivity index (χ2n) is 7.84. The molecule has 3 aromatic carbocycles. The third kappa shape index (κ3) is 4.29. The first-order valence-electron chi connectivity index (χ1n) is 11.0. The Balaban J connectivity index is 1.61. The summed E-state index contributed by atoms with van der Waals surface area (Å²) in [6.45, 7) is 0. The molecule has 0 aliphatic carbocycles. The Morgan fingerprint density at radius 2 is 1.51 bits per heavy atom. The lowest BCUT2D eigenvalue weighted by molar-refractivity contribution is 0.103. The first kappa shape index (κ1) is 22.4. The molecule has 0 spiro atoms. The normalized spacial score (nSPS) is 10.8. The van der Waals surface area contributed by atoms with Crippen LogP contribution < -0.4 is 20.5 Å². The van der Waals surface area contributed by atoms with Crippen molar-refractivity contribution in [3.63, 3.8) is 0 Å². The fourth-order valence-corrected chi connectivity index (χ4v) is 5.01. The van der Waals surface area contributed by atoms with Gasteiger partial charge < -0.3 is 20.5 Å². The highest BCUT2D eigenvalue weighted by Gasteiger charge is 2.22. The number of benzene rings is 3. The summed E-state index contributed by atoms with van der Waals surface area (Å²) in [4.78, 5) is 19.3. The number of nitrogens with two attached hydrogens (primary N) is 1. The summed E-state index contributed by atoms with van der Waals surface area (Å²) in [7, 11) is 3.11. The number of anilines is 2. The zero-order valence-electron chi connectivity index (χ0n) is 19.2. The fraction of sp³-hybridized carbons (Fsp3) is 0.0714. The van der Waals surface area contributed by atoms with Gasteiger partial charge in [-0.2, -0.15) is 0 Å². The van der Waals surface area contributed by atoms with Crippen molar-refractivity contribution in [1.82, 2.24) is 4.98 Å². The number of carbonyl (C=O) groups is 1. The monoisotopic (exact) mass is 481 g/mol. The van der Waals surface area contributed by atoms with Gasteiger partial charge in [0.2, 0.25) is 0 Å². The Morgan fingerprint density at radius 1 is 0.857 bits per heavy atom. The lowest BCUT2D eigenvalue weighted by Crippen LogP contribution is -2.12. The van der Waals surface area contributed by atoms with Gasteiger partial charge in [0.15, 0.2) is 11.5 Å². The Morgan fingerprint density at radius 3 is 2.17 bits per heavy atom. The summed E-state index contributed by atoms with van der Waals surface area (Å²) < 4.78 is 10.6. The van der Waals surface area contributed by atoms with Crippen molar-refractivity contribution in [2.75, 3.05) is 25.3 Å². The molecule has 2 heterocycles. The van der Waals surface area contributed by atoms with Crippen LogP contribution in [0.3, 0.4) is 0 Å². The van der Waals surface area contributed by atoms with E-state index in [2.05, 4.69) is 5.32 Å². The molecule has 35 heavy (non-hydrogen) atoms. The average Bonchev–Trinajstić information content (AvgIpc) is 3.25. The van der Waals surface area contributed by atoms with Crippen molar-refractivity contribution in [3.05, 3.63) is 89.8 Å². The van der Waals surface area contributed by atoms with E-state index >= 15 is 0 Å². The SMILES string of the molecule is COc1ccc(NC(=O)c2sc3nc(-c4ccccc4)cc(-c4ccccc4)c3c2N)cc1OC. The topological polar surface area (TPSA) is 86.5 Å². The Labute approximate surface area is 207 Å². The number of nitrogen functional groups attached to an aromatic ring is 1. The minimum Gasteiger partial charge on any atom is -0.493 e. The predicted molar refractivity (Wildman–Crippen MR) is 142 cm³/mol. The number of nitrogens with one attached hydrogen (secondary N) is 1. The van der Waals surface area contributed by atoms with E-state index in [1.165, 1.54) is 11.3 Å². The molecule has 1 amide bonds. The summed E-state index contributed by atoms with van der Waals surface area (Å²) in [5, 5.41) is 3.70. The number of methoxy groups -OCH3 is 2. The number of ether oxygens (including phenoxy) is 2. The minimum atomic E-state index is -0.307. The van der Waals surface area contributed by atoms with Crippen LogP contribution >= 0.6 is 11.3 Å². The zero-order valence-corrected chi connectivity index (χ0v) is 20.1. The molecule has 0 radical (unpaired) electrons. The standard InChI is InChI=1S/C28H23N3O3S/c1-33-22-14-13-19(15-23(22)34-2)30-27(32)26-25(29)24-20(17-9-5-3-6-10-17)16-21(31-28(24)35-26)18-11-7-4-8-12-18/h3-16H,29H2,1-2H3,(H,30,32). The molecule has 0 saturated heterocycles. The van der Waals surface area contributed by atoms with Crippen molar-refractivity contribution < 1.29 is 14.3 Å². The molecule has 0 aliphatic heterocycles. The molecule has 0 aliphatic rings. The van der Waals surface area contributed by atoms with Crippen LogP contribution in [0, 0.1) is 0 Å². The predicted octanol–water partition coefficient (Wildman–Crippen LogP) is 6.48. The first-order chi connectivity index (χ1) is 17.1. The van der Waals surface area contributed by atoms with E-state index in [1.54, 1.807) is 32.4 Å². The van der Waals surface area contributed by atoms with E-state index in [-0.39, 0.29) is 5.91 Å². The van der Waals surface area contributed by atoms with Gasteiger partial charge in [-0.05, 0) is 29.3 Å². The van der Waals surface area contributed by atoms with Crippen molar-refractivity contribution >= 4 is 38.8 Å². The van der Waals surface area contributed by atoms with Gasteiger partial charge in [-0.15, -0.1) is 11.3 Å². The number of amides is 1. The number of hydrogen-bond donors (Lipinski definition) is 2. The van der Waals surface area contributed by atoms with E-state index in [1.807, 2.05) is 66.7 Å². The molecule has 5 rings (SSSR count). The van der Waals surface area contributed by atoms with Gasteiger partial charge in [0.05, 0.1) is 25.6 Å². The van der Waals surface area contributed by atoms with Crippen molar-refractivity contribution in [2.45, 2.75) is 0 Å². The lowest BCUT2D eigenvalue weighted by Gasteiger charge is -2.10. The van der Waals surface area contributed by atoms with Gasteiger partial charge in [-0.25, -0.2) is 4.98 Å². The summed E-state index contributed by atoms with van der Waals surface area (Å²) in [6.07, 6.45) is 0. The van der Waals surface area contributed by atoms with E-state index in [9.17, 15) is 4.79 Å². The summed E-state index contributed by atoms with van der Waals surface area (Å²) >= 11 is 1.28. The molecule has 0 saturated carbocycles. The highest BCUT2D eigenvalue weighted by Crippen LogP contribution is 2.41. The summed E-state index contributed by atoms with van der Waals surface area (Å²) in [6, 6.07) is 27.2. The van der Waals surface area contributed by atoms with Gasteiger partial charge in [0.25, 0.3) is 5.91 Å². The van der Waals surface area contributed by atoms with Crippen LogP contribution in [-0.2, 0) is 0 Å². The van der Waals surface area contributed by atoms with Gasteiger partial charge in [0, 0.05) is 22.7 Å². The Bertz CT molecular complexity index is 1520. The molecule has 0 atom stereocenters. The number of aromatic nitrogens is 1.